The van der Waals surface area contributed by atoms with Gasteiger partial charge in [0.05, 0.1) is 12.8 Å². The molecule has 31 heavy (non-hydrogen) atoms. The molecule has 3 amide bonds. The number of anilines is 2. The number of primary amides is 1. The molecule has 3 N–H and O–H groups in total. The van der Waals surface area contributed by atoms with Crippen molar-refractivity contribution >= 4 is 29.1 Å². The van der Waals surface area contributed by atoms with Crippen LogP contribution in [0.4, 0.5) is 11.4 Å². The molecular weight excluding hydrogens is 398 g/mol. The average molecular weight is 419 g/mol. The van der Waals surface area contributed by atoms with Gasteiger partial charge in [-0.15, -0.1) is 0 Å². The first-order valence-corrected chi connectivity index (χ1v) is 9.64. The number of aromatic nitrogens is 2. The van der Waals surface area contributed by atoms with Gasteiger partial charge in [-0.3, -0.25) is 14.4 Å². The van der Waals surface area contributed by atoms with E-state index in [0.29, 0.717) is 47.0 Å². The first-order valence-electron chi connectivity index (χ1n) is 9.64. The summed E-state index contributed by atoms with van der Waals surface area (Å²) in [5, 5.41) is 7.05. The maximum absolute atomic E-state index is 13.5. The molecule has 0 saturated carbocycles. The molecule has 0 fully saturated rings. The van der Waals surface area contributed by atoms with Crippen LogP contribution in [-0.4, -0.2) is 41.2 Å². The van der Waals surface area contributed by atoms with E-state index in [1.165, 1.54) is 11.6 Å². The van der Waals surface area contributed by atoms with Gasteiger partial charge < -0.3 is 20.7 Å². The minimum atomic E-state index is -0.676. The van der Waals surface area contributed by atoms with Crippen LogP contribution < -0.4 is 20.7 Å². The summed E-state index contributed by atoms with van der Waals surface area (Å²) >= 11 is 0. The Morgan fingerprint density at radius 2 is 1.71 bits per heavy atom. The Kier molecular flexibility index (Phi) is 5.16. The fourth-order valence-electron chi connectivity index (χ4n) is 3.64. The van der Waals surface area contributed by atoms with Crippen molar-refractivity contribution in [1.29, 1.82) is 0 Å². The number of carbonyl (C=O) groups is 3. The van der Waals surface area contributed by atoms with Crippen LogP contribution >= 0.6 is 0 Å². The molecule has 0 unspecified atom stereocenters. The van der Waals surface area contributed by atoms with E-state index in [4.69, 9.17) is 10.5 Å². The van der Waals surface area contributed by atoms with Gasteiger partial charge in [0.2, 0.25) is 5.91 Å². The number of amides is 3. The zero-order valence-corrected chi connectivity index (χ0v) is 17.1. The van der Waals surface area contributed by atoms with Crippen molar-refractivity contribution in [1.82, 2.24) is 9.78 Å². The summed E-state index contributed by atoms with van der Waals surface area (Å²) in [6.07, 6.45) is 0.433. The van der Waals surface area contributed by atoms with E-state index in [1.54, 1.807) is 60.5 Å². The smallest absolute Gasteiger partial charge is 0.277 e. The van der Waals surface area contributed by atoms with Crippen LogP contribution in [0.2, 0.25) is 0 Å². The summed E-state index contributed by atoms with van der Waals surface area (Å²) in [4.78, 5) is 38.3. The molecule has 1 aliphatic heterocycles. The zero-order chi connectivity index (χ0) is 22.1. The highest BCUT2D eigenvalue weighted by Gasteiger charge is 2.34. The Morgan fingerprint density at radius 1 is 1.06 bits per heavy atom. The number of nitrogens with zero attached hydrogens (tertiary/aromatic N) is 3. The fourth-order valence-corrected chi connectivity index (χ4v) is 3.64. The number of carbonyl (C=O) groups excluding carboxylic acids is 3. The molecule has 0 aliphatic carbocycles. The molecule has 0 atom stereocenters. The standard InChI is InChI=1S/C22H21N5O4/c1-13(28)24-14-3-5-15(6-4-14)26-12-11-18-19(21(23)29)25-27(20(18)22(26)30)16-7-9-17(31-2)10-8-16/h3-10H,11-12H2,1-2H3,(H2,23,29)(H,24,28). The third-order valence-electron chi connectivity index (χ3n) is 5.07. The van der Waals surface area contributed by atoms with Crippen LogP contribution in [0.3, 0.4) is 0 Å². The molecule has 158 valence electrons. The lowest BCUT2D eigenvalue weighted by molar-refractivity contribution is -0.114. The molecule has 0 saturated heterocycles. The van der Waals surface area contributed by atoms with Crippen molar-refractivity contribution in [3.63, 3.8) is 0 Å². The lowest BCUT2D eigenvalue weighted by Crippen LogP contribution is -2.39. The van der Waals surface area contributed by atoms with Crippen LogP contribution in [0.25, 0.3) is 5.69 Å². The number of ether oxygens (including phenoxy) is 1. The molecule has 1 aromatic heterocycles. The summed E-state index contributed by atoms with van der Waals surface area (Å²) in [6, 6.07) is 14.0. The molecule has 1 aliphatic rings. The first kappa shape index (κ1) is 20.1. The van der Waals surface area contributed by atoms with Gasteiger partial charge in [0.25, 0.3) is 11.8 Å². The van der Waals surface area contributed by atoms with Crippen LogP contribution in [0.1, 0.15) is 33.5 Å². The lowest BCUT2D eigenvalue weighted by Gasteiger charge is -2.28. The van der Waals surface area contributed by atoms with E-state index in [1.807, 2.05) is 0 Å². The van der Waals surface area contributed by atoms with Gasteiger partial charge in [0, 0.05) is 30.4 Å². The molecule has 2 aromatic carbocycles. The van der Waals surface area contributed by atoms with Crippen molar-refractivity contribution in [2.24, 2.45) is 5.73 Å². The number of hydrogen-bond acceptors (Lipinski definition) is 5. The molecular formula is C22H21N5O4. The normalized spacial score (nSPS) is 13.0. The molecule has 0 radical (unpaired) electrons. The maximum atomic E-state index is 13.5. The lowest BCUT2D eigenvalue weighted by atomic mass is 10.0. The molecule has 9 nitrogen and oxygen atoms in total. The number of benzene rings is 2. The molecule has 0 spiro atoms. The second-order valence-corrected chi connectivity index (χ2v) is 7.08. The highest BCUT2D eigenvalue weighted by molar-refractivity contribution is 6.09. The monoisotopic (exact) mass is 419 g/mol. The van der Waals surface area contributed by atoms with E-state index in [0.717, 1.165) is 0 Å². The topological polar surface area (TPSA) is 120 Å². The van der Waals surface area contributed by atoms with Crippen molar-refractivity contribution in [2.45, 2.75) is 13.3 Å². The number of fused-ring (bicyclic) bond motifs is 1. The predicted molar refractivity (Wildman–Crippen MR) is 115 cm³/mol. The maximum Gasteiger partial charge on any atom is 0.277 e. The number of methoxy groups -OCH3 is 1. The van der Waals surface area contributed by atoms with E-state index in [-0.39, 0.29) is 17.5 Å². The Bertz CT molecular complexity index is 1170. The van der Waals surface area contributed by atoms with Gasteiger partial charge in [0.1, 0.15) is 11.4 Å². The van der Waals surface area contributed by atoms with Crippen LogP contribution in [0.15, 0.2) is 48.5 Å². The largest absolute Gasteiger partial charge is 0.497 e. The van der Waals surface area contributed by atoms with Gasteiger partial charge in [0.15, 0.2) is 5.69 Å². The summed E-state index contributed by atoms with van der Waals surface area (Å²) in [5.41, 5.74) is 8.39. The van der Waals surface area contributed by atoms with Crippen LogP contribution in [-0.2, 0) is 11.2 Å². The molecule has 9 heteroatoms. The van der Waals surface area contributed by atoms with Gasteiger partial charge in [-0.1, -0.05) is 0 Å². The Balaban J connectivity index is 1.74. The number of hydrogen-bond donors (Lipinski definition) is 2. The Morgan fingerprint density at radius 3 is 2.29 bits per heavy atom. The Hall–Kier alpha value is -4.14. The Labute approximate surface area is 178 Å². The zero-order valence-electron chi connectivity index (χ0n) is 17.1. The fraction of sp³-hybridized carbons (Fsp3) is 0.182. The van der Waals surface area contributed by atoms with Crippen molar-refractivity contribution in [2.75, 3.05) is 23.9 Å². The van der Waals surface area contributed by atoms with E-state index in [2.05, 4.69) is 10.4 Å². The number of nitrogens with two attached hydrogens (primary N) is 1. The minimum Gasteiger partial charge on any atom is -0.497 e. The first-order chi connectivity index (χ1) is 14.9. The second-order valence-electron chi connectivity index (χ2n) is 7.08. The number of nitrogens with one attached hydrogen (secondary N) is 1. The van der Waals surface area contributed by atoms with Gasteiger partial charge in [-0.05, 0) is 55.0 Å². The summed E-state index contributed by atoms with van der Waals surface area (Å²) < 4.78 is 6.64. The van der Waals surface area contributed by atoms with Crippen molar-refractivity contribution in [3.8, 4) is 11.4 Å². The number of rotatable bonds is 5. The average Bonchev–Trinajstić information content (AvgIpc) is 3.15. The highest BCUT2D eigenvalue weighted by atomic mass is 16.5. The van der Waals surface area contributed by atoms with Gasteiger partial charge >= 0.3 is 0 Å². The van der Waals surface area contributed by atoms with Crippen LogP contribution in [0, 0.1) is 0 Å². The summed E-state index contributed by atoms with van der Waals surface area (Å²) in [7, 11) is 1.56. The third-order valence-corrected chi connectivity index (χ3v) is 5.07. The van der Waals surface area contributed by atoms with Crippen molar-refractivity contribution < 1.29 is 19.1 Å². The minimum absolute atomic E-state index is 0.0971. The summed E-state index contributed by atoms with van der Waals surface area (Å²) in [5.74, 6) is -0.477. The van der Waals surface area contributed by atoms with E-state index < -0.39 is 5.91 Å². The summed E-state index contributed by atoms with van der Waals surface area (Å²) in [6.45, 7) is 1.81. The van der Waals surface area contributed by atoms with Gasteiger partial charge in [-0.25, -0.2) is 4.68 Å². The molecule has 0 bridgehead atoms. The molecule has 2 heterocycles. The van der Waals surface area contributed by atoms with E-state index in [9.17, 15) is 14.4 Å². The quantitative estimate of drug-likeness (QED) is 0.657. The molecule has 3 aromatic rings. The predicted octanol–water partition coefficient (Wildman–Crippen LogP) is 2.14. The van der Waals surface area contributed by atoms with Crippen LogP contribution in [0.5, 0.6) is 5.75 Å². The third kappa shape index (κ3) is 3.73. The molecule has 4 rings (SSSR count). The van der Waals surface area contributed by atoms with Gasteiger partial charge in [-0.2, -0.15) is 5.10 Å². The SMILES string of the molecule is COc1ccc(-n2nc(C(N)=O)c3c2C(=O)N(c2ccc(NC(C)=O)cc2)CC3)cc1. The second kappa shape index (κ2) is 7.94. The van der Waals surface area contributed by atoms with Crippen molar-refractivity contribution in [3.05, 3.63) is 65.5 Å². The highest BCUT2D eigenvalue weighted by Crippen LogP contribution is 2.29. The van der Waals surface area contributed by atoms with E-state index >= 15 is 0 Å².